The molecule has 0 aliphatic heterocycles. The minimum Gasteiger partial charge on any atom is -0.302 e. The third-order valence-corrected chi connectivity index (χ3v) is 7.47. The van der Waals surface area contributed by atoms with Crippen molar-refractivity contribution in [2.24, 2.45) is 11.8 Å². The van der Waals surface area contributed by atoms with Gasteiger partial charge in [0.1, 0.15) is 0 Å². The van der Waals surface area contributed by atoms with E-state index in [0.717, 1.165) is 25.4 Å². The van der Waals surface area contributed by atoms with E-state index in [1.807, 2.05) is 6.08 Å². The van der Waals surface area contributed by atoms with Crippen LogP contribution in [0.25, 0.3) is 0 Å². The topological polar surface area (TPSA) is 40.6 Å². The molecule has 1 aliphatic carbocycles. The largest absolute Gasteiger partial charge is 0.302 e. The molecule has 0 atom stereocenters. The Bertz CT molecular complexity index is 668. The summed E-state index contributed by atoms with van der Waals surface area (Å²) in [4.78, 5) is 2.63. The van der Waals surface area contributed by atoms with Crippen LogP contribution >= 0.6 is 11.6 Å². The summed E-state index contributed by atoms with van der Waals surface area (Å²) in [7, 11) is 0.379. The highest BCUT2D eigenvalue weighted by Gasteiger charge is 2.25. The van der Waals surface area contributed by atoms with Crippen LogP contribution in [0, 0.1) is 11.8 Å². The molecule has 2 rings (SSSR count). The fraction of sp³-hybridized carbons (Fsp3) is 0.600. The predicted octanol–water partition coefficient (Wildman–Crippen LogP) is 4.27. The summed E-state index contributed by atoms with van der Waals surface area (Å²) in [6.45, 7) is 6.42. The maximum Gasteiger partial charge on any atom is 0.242 e. The lowest BCUT2D eigenvalue weighted by Gasteiger charge is -2.31. The average Bonchev–Trinajstić information content (AvgIpc) is 2.61. The van der Waals surface area contributed by atoms with Crippen LogP contribution in [0.3, 0.4) is 0 Å². The Labute approximate surface area is 163 Å². The zero-order valence-electron chi connectivity index (χ0n) is 15.9. The zero-order valence-corrected chi connectivity index (χ0v) is 17.5. The van der Waals surface area contributed by atoms with E-state index in [1.54, 1.807) is 31.3 Å². The number of sulfonamides is 1. The summed E-state index contributed by atoms with van der Waals surface area (Å²) in [5, 5.41) is 0.544. The first-order chi connectivity index (χ1) is 12.3. The smallest absolute Gasteiger partial charge is 0.242 e. The quantitative estimate of drug-likeness (QED) is 0.583. The van der Waals surface area contributed by atoms with Gasteiger partial charge >= 0.3 is 0 Å². The summed E-state index contributed by atoms with van der Waals surface area (Å²) >= 11 is 5.85. The molecule has 1 fully saturated rings. The van der Waals surface area contributed by atoms with Gasteiger partial charge in [0.2, 0.25) is 10.0 Å². The molecule has 1 aromatic rings. The van der Waals surface area contributed by atoms with Crippen molar-refractivity contribution in [2.75, 3.05) is 33.7 Å². The molecule has 0 spiro atoms. The first-order valence-electron chi connectivity index (χ1n) is 9.34. The zero-order chi connectivity index (χ0) is 19.2. The van der Waals surface area contributed by atoms with Crippen LogP contribution in [-0.2, 0) is 10.0 Å². The van der Waals surface area contributed by atoms with Crippen LogP contribution in [0.5, 0.6) is 0 Å². The van der Waals surface area contributed by atoms with Crippen molar-refractivity contribution in [3.05, 3.63) is 41.9 Å². The summed E-state index contributed by atoms with van der Waals surface area (Å²) in [5.74, 6) is 1.38. The van der Waals surface area contributed by atoms with E-state index in [4.69, 9.17) is 11.6 Å². The number of halogens is 1. The van der Waals surface area contributed by atoms with Gasteiger partial charge in [-0.15, -0.1) is 6.58 Å². The Hall–Kier alpha value is -0.880. The minimum atomic E-state index is -3.43. The van der Waals surface area contributed by atoms with Crippen LogP contribution in [-0.4, -0.2) is 51.4 Å². The number of nitrogens with zero attached hydrogens (tertiary/aromatic N) is 2. The maximum absolute atomic E-state index is 12.6. The van der Waals surface area contributed by atoms with Crippen molar-refractivity contribution in [2.45, 2.75) is 37.0 Å². The number of rotatable bonds is 9. The molecule has 6 heteroatoms. The molecule has 0 unspecified atom stereocenters. The van der Waals surface area contributed by atoms with E-state index in [9.17, 15) is 8.42 Å². The van der Waals surface area contributed by atoms with Gasteiger partial charge in [-0.2, -0.15) is 0 Å². The normalized spacial score (nSPS) is 21.3. The van der Waals surface area contributed by atoms with Crippen molar-refractivity contribution in [3.8, 4) is 0 Å². The summed E-state index contributed by atoms with van der Waals surface area (Å²) in [6, 6.07) is 6.37. The number of hydrogen-bond donors (Lipinski definition) is 0. The molecule has 146 valence electrons. The lowest BCUT2D eigenvalue weighted by atomic mass is 9.80. The number of likely N-dealkylation sites (N-methyl/N-ethyl adjacent to an activating group) is 1. The molecule has 0 radical (unpaired) electrons. The minimum absolute atomic E-state index is 0.304. The van der Waals surface area contributed by atoms with Gasteiger partial charge in [-0.25, -0.2) is 12.7 Å². The van der Waals surface area contributed by atoms with Crippen molar-refractivity contribution < 1.29 is 8.42 Å². The highest BCUT2D eigenvalue weighted by atomic mass is 35.5. The molecule has 26 heavy (non-hydrogen) atoms. The highest BCUT2D eigenvalue weighted by Crippen LogP contribution is 2.31. The monoisotopic (exact) mass is 398 g/mol. The Balaban J connectivity index is 1.78. The van der Waals surface area contributed by atoms with Crippen molar-refractivity contribution in [3.63, 3.8) is 0 Å². The Morgan fingerprint density at radius 1 is 1.12 bits per heavy atom. The van der Waals surface area contributed by atoms with Crippen molar-refractivity contribution in [1.29, 1.82) is 0 Å². The SMILES string of the molecule is C=CCN(C)CC1CCC(CCN(C)S(=O)(=O)c2ccc(Cl)cc2)CC1. The van der Waals surface area contributed by atoms with Crippen molar-refractivity contribution >= 4 is 21.6 Å². The highest BCUT2D eigenvalue weighted by molar-refractivity contribution is 7.89. The second-order valence-electron chi connectivity index (χ2n) is 7.47. The van der Waals surface area contributed by atoms with Gasteiger partial charge in [0.25, 0.3) is 0 Å². The van der Waals surface area contributed by atoms with Gasteiger partial charge in [0.05, 0.1) is 4.90 Å². The van der Waals surface area contributed by atoms with Crippen LogP contribution in [0.1, 0.15) is 32.1 Å². The summed E-state index contributed by atoms with van der Waals surface area (Å²) in [5.41, 5.74) is 0. The molecule has 0 amide bonds. The van der Waals surface area contributed by atoms with Gasteiger partial charge in [-0.1, -0.05) is 30.5 Å². The van der Waals surface area contributed by atoms with Crippen LogP contribution in [0.15, 0.2) is 41.8 Å². The number of hydrogen-bond acceptors (Lipinski definition) is 3. The Kier molecular flexibility index (Phi) is 8.14. The van der Waals surface area contributed by atoms with Gasteiger partial charge in [0.15, 0.2) is 0 Å². The molecule has 0 heterocycles. The standard InChI is InChI=1S/C20H31ClN2O2S/c1-4-14-22(2)16-18-7-5-17(6-8-18)13-15-23(3)26(24,25)20-11-9-19(21)10-12-20/h4,9-12,17-18H,1,5-8,13-16H2,2-3H3. The van der Waals surface area contributed by atoms with Crippen LogP contribution in [0.2, 0.25) is 5.02 Å². The Morgan fingerprint density at radius 3 is 2.27 bits per heavy atom. The lowest BCUT2D eigenvalue weighted by Crippen LogP contribution is -2.31. The van der Waals surface area contributed by atoms with Gasteiger partial charge in [-0.3, -0.25) is 0 Å². The second kappa shape index (κ2) is 9.88. The lowest BCUT2D eigenvalue weighted by molar-refractivity contribution is 0.204. The molecule has 1 aromatic carbocycles. The van der Waals surface area contributed by atoms with E-state index in [-0.39, 0.29) is 0 Å². The molecular formula is C20H31ClN2O2S. The van der Waals surface area contributed by atoms with Gasteiger partial charge in [0, 0.05) is 31.7 Å². The van der Waals surface area contributed by atoms with Crippen molar-refractivity contribution in [1.82, 2.24) is 9.21 Å². The van der Waals surface area contributed by atoms with Gasteiger partial charge < -0.3 is 4.90 Å². The molecular weight excluding hydrogens is 368 g/mol. The summed E-state index contributed by atoms with van der Waals surface area (Å²) < 4.78 is 26.7. The molecule has 1 saturated carbocycles. The third-order valence-electron chi connectivity index (χ3n) is 5.35. The van der Waals surface area contributed by atoms with E-state index in [0.29, 0.717) is 22.4 Å². The number of benzene rings is 1. The first-order valence-corrected chi connectivity index (χ1v) is 11.2. The third kappa shape index (κ3) is 6.08. The van der Waals surface area contributed by atoms with Crippen LogP contribution in [0.4, 0.5) is 0 Å². The van der Waals surface area contributed by atoms with Crippen LogP contribution < -0.4 is 0 Å². The summed E-state index contributed by atoms with van der Waals surface area (Å²) in [6.07, 6.45) is 7.74. The molecule has 0 bridgehead atoms. The molecule has 0 saturated heterocycles. The molecule has 0 N–H and O–H groups in total. The van der Waals surface area contributed by atoms with Gasteiger partial charge in [-0.05, 0) is 62.4 Å². The van der Waals surface area contributed by atoms with E-state index in [1.165, 1.54) is 30.0 Å². The molecule has 0 aromatic heterocycles. The fourth-order valence-electron chi connectivity index (χ4n) is 3.71. The Morgan fingerprint density at radius 2 is 1.69 bits per heavy atom. The molecule has 4 nitrogen and oxygen atoms in total. The fourth-order valence-corrected chi connectivity index (χ4v) is 5.02. The average molecular weight is 399 g/mol. The molecule has 1 aliphatic rings. The first kappa shape index (κ1) is 21.4. The maximum atomic E-state index is 12.6. The predicted molar refractivity (Wildman–Crippen MR) is 109 cm³/mol. The van der Waals surface area contributed by atoms with E-state index < -0.39 is 10.0 Å². The van der Waals surface area contributed by atoms with E-state index >= 15 is 0 Å². The van der Waals surface area contributed by atoms with E-state index in [2.05, 4.69) is 18.5 Å². The second-order valence-corrected chi connectivity index (χ2v) is 9.95.